The minimum atomic E-state index is 0.287. The molecule has 4 nitrogen and oxygen atoms in total. The molecule has 0 amide bonds. The van der Waals surface area contributed by atoms with Gasteiger partial charge < -0.3 is 10.5 Å². The van der Waals surface area contributed by atoms with Crippen LogP contribution >= 0.6 is 28.1 Å². The molecule has 1 heterocycles. The average Bonchev–Trinajstić information content (AvgIpc) is 2.77. The van der Waals surface area contributed by atoms with Crippen molar-refractivity contribution in [2.24, 2.45) is 5.73 Å². The van der Waals surface area contributed by atoms with Crippen LogP contribution in [-0.4, -0.2) is 14.8 Å². The molecule has 19 heavy (non-hydrogen) atoms. The van der Waals surface area contributed by atoms with E-state index in [0.717, 1.165) is 4.47 Å². The summed E-state index contributed by atoms with van der Waals surface area (Å²) in [6.07, 6.45) is 3.51. The summed E-state index contributed by atoms with van der Waals surface area (Å²) in [6, 6.07) is 5.86. The summed E-state index contributed by atoms with van der Waals surface area (Å²) in [6.45, 7) is 4.10. The van der Waals surface area contributed by atoms with Crippen molar-refractivity contribution in [3.63, 3.8) is 0 Å². The summed E-state index contributed by atoms with van der Waals surface area (Å²) in [4.78, 5) is 0.290. The van der Waals surface area contributed by atoms with Crippen molar-refractivity contribution in [2.45, 2.75) is 19.9 Å². The molecule has 0 bridgehead atoms. The molecule has 0 aliphatic rings. The first kappa shape index (κ1) is 14.0. The highest BCUT2D eigenvalue weighted by atomic mass is 79.9. The topological polar surface area (TPSA) is 53.1 Å². The smallest absolute Gasteiger partial charge is 0.165 e. The van der Waals surface area contributed by atoms with E-state index in [2.05, 4.69) is 34.9 Å². The number of ether oxygens (including phenoxy) is 1. The Labute approximate surface area is 125 Å². The highest BCUT2D eigenvalue weighted by molar-refractivity contribution is 9.10. The van der Waals surface area contributed by atoms with Gasteiger partial charge in [-0.25, -0.2) is 0 Å². The number of hydrogen-bond donors (Lipinski definition) is 1. The molecule has 2 N–H and O–H groups in total. The lowest BCUT2D eigenvalue weighted by atomic mass is 10.2. The van der Waals surface area contributed by atoms with E-state index in [9.17, 15) is 0 Å². The van der Waals surface area contributed by atoms with Crippen LogP contribution in [0.4, 0.5) is 0 Å². The van der Waals surface area contributed by atoms with E-state index in [1.165, 1.54) is 0 Å². The number of thiocarbonyl (C=S) groups is 1. The van der Waals surface area contributed by atoms with E-state index in [0.29, 0.717) is 22.1 Å². The van der Waals surface area contributed by atoms with E-state index in [1.807, 2.05) is 29.1 Å². The maximum absolute atomic E-state index is 5.80. The van der Waals surface area contributed by atoms with Gasteiger partial charge in [-0.3, -0.25) is 4.68 Å². The molecule has 1 aromatic carbocycles. The minimum Gasteiger partial charge on any atom is -0.453 e. The lowest BCUT2D eigenvalue weighted by Crippen LogP contribution is -2.11. The maximum atomic E-state index is 5.80. The molecule has 2 rings (SSSR count). The third kappa shape index (κ3) is 3.13. The summed E-state index contributed by atoms with van der Waals surface area (Å²) >= 11 is 8.47. The van der Waals surface area contributed by atoms with Gasteiger partial charge in [-0.1, -0.05) is 18.3 Å². The standard InChI is InChI=1S/C13H14BrN3OS/c1-8(2)17-7-9(6-16-17)18-11-5-3-4-10(14)12(11)13(15)19/h3-8H,1-2H3,(H2,15,19). The van der Waals surface area contributed by atoms with Crippen LogP contribution in [0.1, 0.15) is 25.5 Å². The third-order valence-electron chi connectivity index (χ3n) is 2.56. The highest BCUT2D eigenvalue weighted by Crippen LogP contribution is 2.30. The van der Waals surface area contributed by atoms with Crippen molar-refractivity contribution < 1.29 is 4.74 Å². The number of hydrogen-bond acceptors (Lipinski definition) is 3. The molecule has 0 radical (unpaired) electrons. The van der Waals surface area contributed by atoms with Gasteiger partial charge in [0.25, 0.3) is 0 Å². The minimum absolute atomic E-state index is 0.287. The molecule has 0 spiro atoms. The van der Waals surface area contributed by atoms with Crippen LogP contribution in [0.15, 0.2) is 35.1 Å². The molecule has 100 valence electrons. The second-order valence-corrected chi connectivity index (χ2v) is 5.62. The zero-order chi connectivity index (χ0) is 14.0. The van der Waals surface area contributed by atoms with Gasteiger partial charge in [-0.15, -0.1) is 0 Å². The van der Waals surface area contributed by atoms with Crippen molar-refractivity contribution in [1.29, 1.82) is 0 Å². The predicted molar refractivity (Wildman–Crippen MR) is 82.7 cm³/mol. The Morgan fingerprint density at radius 2 is 2.21 bits per heavy atom. The van der Waals surface area contributed by atoms with E-state index in [1.54, 1.807) is 6.20 Å². The lowest BCUT2D eigenvalue weighted by Gasteiger charge is -2.10. The van der Waals surface area contributed by atoms with Crippen LogP contribution in [0.3, 0.4) is 0 Å². The van der Waals surface area contributed by atoms with Crippen molar-refractivity contribution >= 4 is 33.1 Å². The number of nitrogens with zero attached hydrogens (tertiary/aromatic N) is 2. The summed E-state index contributed by atoms with van der Waals surface area (Å²) in [5.41, 5.74) is 6.41. The Hall–Kier alpha value is -1.40. The van der Waals surface area contributed by atoms with Crippen molar-refractivity contribution in [2.75, 3.05) is 0 Å². The number of benzene rings is 1. The number of halogens is 1. The SMILES string of the molecule is CC(C)n1cc(Oc2cccc(Br)c2C(N)=S)cn1. The highest BCUT2D eigenvalue weighted by Gasteiger charge is 2.12. The first-order chi connectivity index (χ1) is 8.99. The fraction of sp³-hybridized carbons (Fsp3) is 0.231. The third-order valence-corrected chi connectivity index (χ3v) is 3.42. The van der Waals surface area contributed by atoms with E-state index in [4.69, 9.17) is 22.7 Å². The Morgan fingerprint density at radius 1 is 1.47 bits per heavy atom. The van der Waals surface area contributed by atoms with Crippen LogP contribution in [0.5, 0.6) is 11.5 Å². The van der Waals surface area contributed by atoms with Gasteiger partial charge in [0.15, 0.2) is 5.75 Å². The fourth-order valence-corrected chi connectivity index (χ4v) is 2.51. The van der Waals surface area contributed by atoms with Crippen LogP contribution in [0, 0.1) is 0 Å². The Morgan fingerprint density at radius 3 is 2.79 bits per heavy atom. The van der Waals surface area contributed by atoms with Crippen molar-refractivity contribution in [1.82, 2.24) is 9.78 Å². The number of nitrogens with two attached hydrogens (primary N) is 1. The Balaban J connectivity index is 2.32. The molecule has 2 aromatic rings. The van der Waals surface area contributed by atoms with E-state index < -0.39 is 0 Å². The first-order valence-electron chi connectivity index (χ1n) is 5.79. The van der Waals surface area contributed by atoms with E-state index >= 15 is 0 Å². The van der Waals surface area contributed by atoms with E-state index in [-0.39, 0.29) is 6.04 Å². The molecule has 1 aromatic heterocycles. The summed E-state index contributed by atoms with van der Waals surface area (Å²) in [7, 11) is 0. The molecule has 0 saturated carbocycles. The zero-order valence-corrected chi connectivity index (χ0v) is 13.0. The fourth-order valence-electron chi connectivity index (χ4n) is 1.61. The van der Waals surface area contributed by atoms with Crippen LogP contribution in [0.25, 0.3) is 0 Å². The van der Waals surface area contributed by atoms with Crippen LogP contribution in [-0.2, 0) is 0 Å². The summed E-state index contributed by atoms with van der Waals surface area (Å²) < 4.78 is 8.44. The quantitative estimate of drug-likeness (QED) is 0.863. The lowest BCUT2D eigenvalue weighted by molar-refractivity contribution is 0.476. The number of aromatic nitrogens is 2. The molecule has 0 fully saturated rings. The summed E-state index contributed by atoms with van der Waals surface area (Å²) in [5.74, 6) is 1.27. The molecule has 0 unspecified atom stereocenters. The first-order valence-corrected chi connectivity index (χ1v) is 6.99. The van der Waals surface area contributed by atoms with Gasteiger partial charge >= 0.3 is 0 Å². The molecular weight excluding hydrogens is 326 g/mol. The Bertz CT molecular complexity index is 610. The normalized spacial score (nSPS) is 10.7. The molecule has 0 aliphatic heterocycles. The van der Waals surface area contributed by atoms with Gasteiger partial charge in [0.2, 0.25) is 0 Å². The summed E-state index contributed by atoms with van der Waals surface area (Å²) in [5, 5.41) is 4.22. The maximum Gasteiger partial charge on any atom is 0.165 e. The molecule has 0 saturated heterocycles. The molecular formula is C13H14BrN3OS. The van der Waals surface area contributed by atoms with Gasteiger partial charge in [0, 0.05) is 10.5 Å². The zero-order valence-electron chi connectivity index (χ0n) is 10.6. The monoisotopic (exact) mass is 339 g/mol. The van der Waals surface area contributed by atoms with Crippen LogP contribution in [0.2, 0.25) is 0 Å². The van der Waals surface area contributed by atoms with Gasteiger partial charge in [0.1, 0.15) is 10.7 Å². The second-order valence-electron chi connectivity index (χ2n) is 4.33. The largest absolute Gasteiger partial charge is 0.453 e. The second kappa shape index (κ2) is 5.71. The molecule has 0 atom stereocenters. The number of rotatable bonds is 4. The Kier molecular flexibility index (Phi) is 4.21. The molecule has 0 aliphatic carbocycles. The van der Waals surface area contributed by atoms with Crippen LogP contribution < -0.4 is 10.5 Å². The van der Waals surface area contributed by atoms with Gasteiger partial charge in [-0.05, 0) is 41.9 Å². The average molecular weight is 340 g/mol. The van der Waals surface area contributed by atoms with Gasteiger partial charge in [-0.2, -0.15) is 5.10 Å². The molecule has 6 heteroatoms. The van der Waals surface area contributed by atoms with Crippen molar-refractivity contribution in [3.05, 3.63) is 40.6 Å². The predicted octanol–water partition coefficient (Wildman–Crippen LogP) is 3.65. The van der Waals surface area contributed by atoms with Gasteiger partial charge in [0.05, 0.1) is 18.0 Å². The van der Waals surface area contributed by atoms with Crippen molar-refractivity contribution in [3.8, 4) is 11.5 Å².